The largest absolute Gasteiger partial charge is 0.348 e. The van der Waals surface area contributed by atoms with E-state index >= 15 is 0 Å². The van der Waals surface area contributed by atoms with Crippen LogP contribution in [-0.2, 0) is 13.0 Å². The molecule has 0 saturated carbocycles. The van der Waals surface area contributed by atoms with Gasteiger partial charge in [-0.1, -0.05) is 54.4 Å². The number of hydrogen-bond donors (Lipinski definition) is 1. The first kappa shape index (κ1) is 20.3. The highest BCUT2D eigenvalue weighted by Crippen LogP contribution is 2.37. The zero-order valence-electron chi connectivity index (χ0n) is 16.5. The third-order valence-corrected chi connectivity index (χ3v) is 6.43. The molecule has 0 saturated heterocycles. The second-order valence-corrected chi connectivity index (χ2v) is 8.51. The van der Waals surface area contributed by atoms with Crippen LogP contribution >= 0.6 is 35.4 Å². The fourth-order valence-electron chi connectivity index (χ4n) is 4.03. The zero-order chi connectivity index (χ0) is 20.5. The van der Waals surface area contributed by atoms with Crippen molar-refractivity contribution < 1.29 is 0 Å². The van der Waals surface area contributed by atoms with E-state index in [1.165, 1.54) is 16.8 Å². The van der Waals surface area contributed by atoms with E-state index in [9.17, 15) is 0 Å². The molecule has 0 spiro atoms. The number of fused-ring (bicyclic) bond motifs is 1. The highest BCUT2D eigenvalue weighted by atomic mass is 35.5. The van der Waals surface area contributed by atoms with Gasteiger partial charge in [-0.15, -0.1) is 0 Å². The predicted octanol–water partition coefficient (Wildman–Crippen LogP) is 6.47. The second-order valence-electron chi connectivity index (χ2n) is 7.28. The molecule has 0 fully saturated rings. The summed E-state index contributed by atoms with van der Waals surface area (Å²) in [7, 11) is 0. The smallest absolute Gasteiger partial charge is 0.174 e. The maximum Gasteiger partial charge on any atom is 0.174 e. The van der Waals surface area contributed by atoms with Gasteiger partial charge in [-0.05, 0) is 66.5 Å². The number of aryl methyl sites for hydroxylation is 2. The van der Waals surface area contributed by atoms with Crippen LogP contribution in [0.1, 0.15) is 35.3 Å². The molecule has 3 nitrogen and oxygen atoms in total. The van der Waals surface area contributed by atoms with E-state index in [4.69, 9.17) is 35.4 Å². The molecule has 0 amide bonds. The second kappa shape index (κ2) is 8.39. The Morgan fingerprint density at radius 2 is 1.97 bits per heavy atom. The normalized spacial score (nSPS) is 15.9. The van der Waals surface area contributed by atoms with E-state index in [0.29, 0.717) is 15.2 Å². The number of hydrogen-bond acceptors (Lipinski definition) is 1. The summed E-state index contributed by atoms with van der Waals surface area (Å²) in [5.41, 5.74) is 5.72. The molecule has 1 unspecified atom stereocenters. The van der Waals surface area contributed by atoms with Crippen molar-refractivity contribution in [3.8, 4) is 0 Å². The molecule has 2 heterocycles. The maximum absolute atomic E-state index is 6.62. The van der Waals surface area contributed by atoms with Crippen LogP contribution in [0.4, 0.5) is 5.69 Å². The van der Waals surface area contributed by atoms with E-state index < -0.39 is 0 Å². The molecule has 4 rings (SSSR count). The van der Waals surface area contributed by atoms with Crippen LogP contribution in [0.25, 0.3) is 0 Å². The van der Waals surface area contributed by atoms with Crippen molar-refractivity contribution in [3.05, 3.63) is 87.2 Å². The van der Waals surface area contributed by atoms with Crippen molar-refractivity contribution >= 4 is 46.2 Å². The minimum absolute atomic E-state index is 0.0717. The lowest BCUT2D eigenvalue weighted by atomic mass is 10.00. The molecular weight excluding hydrogens is 421 g/mol. The molecule has 1 N–H and O–H groups in total. The van der Waals surface area contributed by atoms with E-state index in [0.717, 1.165) is 30.8 Å². The lowest BCUT2D eigenvalue weighted by Crippen LogP contribution is -2.44. The van der Waals surface area contributed by atoms with Gasteiger partial charge in [0.1, 0.15) is 0 Å². The van der Waals surface area contributed by atoms with Gasteiger partial charge in [0.2, 0.25) is 0 Å². The average Bonchev–Trinajstić information content (AvgIpc) is 3.18. The molecule has 1 aliphatic heterocycles. The third-order valence-electron chi connectivity index (χ3n) is 5.53. The first-order valence-corrected chi connectivity index (χ1v) is 10.9. The Bertz CT molecular complexity index is 1060. The number of benzene rings is 2. The Kier molecular flexibility index (Phi) is 5.86. The van der Waals surface area contributed by atoms with Crippen LogP contribution in [-0.4, -0.2) is 21.1 Å². The number of rotatable bonds is 3. The van der Waals surface area contributed by atoms with Gasteiger partial charge in [0.25, 0.3) is 0 Å². The Morgan fingerprint density at radius 3 is 2.72 bits per heavy atom. The van der Waals surface area contributed by atoms with Crippen molar-refractivity contribution in [1.82, 2.24) is 9.47 Å². The van der Waals surface area contributed by atoms with Gasteiger partial charge in [-0.2, -0.15) is 0 Å². The number of anilines is 1. The number of para-hydroxylation sites is 1. The molecule has 3 aromatic rings. The van der Waals surface area contributed by atoms with Crippen molar-refractivity contribution in [2.75, 3.05) is 11.9 Å². The quantitative estimate of drug-likeness (QED) is 0.468. The number of thiocarbonyl (C=S) groups is 1. The van der Waals surface area contributed by atoms with Gasteiger partial charge in [0.05, 0.1) is 6.04 Å². The molecule has 0 bridgehead atoms. The zero-order valence-corrected chi connectivity index (χ0v) is 18.8. The minimum Gasteiger partial charge on any atom is -0.348 e. The topological polar surface area (TPSA) is 20.2 Å². The summed E-state index contributed by atoms with van der Waals surface area (Å²) in [6.07, 6.45) is 3.05. The Hall–Kier alpha value is -2.01. The van der Waals surface area contributed by atoms with E-state index in [2.05, 4.69) is 65.2 Å². The summed E-state index contributed by atoms with van der Waals surface area (Å²) in [4.78, 5) is 2.23. The Balaban J connectivity index is 1.73. The first-order valence-electron chi connectivity index (χ1n) is 9.75. The van der Waals surface area contributed by atoms with Gasteiger partial charge in [0, 0.05) is 40.7 Å². The minimum atomic E-state index is -0.0717. The van der Waals surface area contributed by atoms with E-state index in [1.54, 1.807) is 6.07 Å². The van der Waals surface area contributed by atoms with Crippen LogP contribution in [0.3, 0.4) is 0 Å². The van der Waals surface area contributed by atoms with Gasteiger partial charge >= 0.3 is 0 Å². The summed E-state index contributed by atoms with van der Waals surface area (Å²) < 4.78 is 2.26. The average molecular weight is 444 g/mol. The number of aromatic nitrogens is 1. The van der Waals surface area contributed by atoms with E-state index in [1.807, 2.05) is 12.1 Å². The van der Waals surface area contributed by atoms with Crippen LogP contribution in [0.15, 0.2) is 54.7 Å². The first-order chi connectivity index (χ1) is 14.0. The highest BCUT2D eigenvalue weighted by Gasteiger charge is 2.32. The van der Waals surface area contributed by atoms with Gasteiger partial charge in [-0.3, -0.25) is 0 Å². The molecule has 150 valence electrons. The van der Waals surface area contributed by atoms with Gasteiger partial charge in [-0.25, -0.2) is 0 Å². The fourth-order valence-corrected chi connectivity index (χ4v) is 4.84. The summed E-state index contributed by atoms with van der Waals surface area (Å²) in [5, 5.41) is 5.52. The number of nitrogens with zero attached hydrogens (tertiary/aromatic N) is 2. The SMILES string of the molecule is CCc1cccc(C)c1NC(=S)N1CCn2cccc2C1c1ccc(Cl)cc1Cl. The fraction of sp³-hybridized carbons (Fsp3) is 0.261. The van der Waals surface area contributed by atoms with E-state index in [-0.39, 0.29) is 6.04 Å². The summed E-state index contributed by atoms with van der Waals surface area (Å²) in [5.74, 6) is 0. The van der Waals surface area contributed by atoms with Gasteiger partial charge in [0.15, 0.2) is 5.11 Å². The molecule has 1 aromatic heterocycles. The Labute approximate surface area is 187 Å². The van der Waals surface area contributed by atoms with Crippen LogP contribution < -0.4 is 5.32 Å². The molecule has 29 heavy (non-hydrogen) atoms. The molecule has 0 radical (unpaired) electrons. The summed E-state index contributed by atoms with van der Waals surface area (Å²) >= 11 is 18.7. The van der Waals surface area contributed by atoms with Crippen molar-refractivity contribution in [1.29, 1.82) is 0 Å². The van der Waals surface area contributed by atoms with Gasteiger partial charge < -0.3 is 14.8 Å². The van der Waals surface area contributed by atoms with Crippen molar-refractivity contribution in [2.24, 2.45) is 0 Å². The van der Waals surface area contributed by atoms with Crippen LogP contribution in [0, 0.1) is 6.92 Å². The predicted molar refractivity (Wildman–Crippen MR) is 126 cm³/mol. The maximum atomic E-state index is 6.62. The van der Waals surface area contributed by atoms with Crippen molar-refractivity contribution in [3.63, 3.8) is 0 Å². The Morgan fingerprint density at radius 1 is 1.14 bits per heavy atom. The molecule has 1 atom stereocenters. The molecular formula is C23H23Cl2N3S. The molecule has 1 aliphatic rings. The third kappa shape index (κ3) is 3.89. The molecule has 0 aliphatic carbocycles. The molecule has 6 heteroatoms. The monoisotopic (exact) mass is 443 g/mol. The van der Waals surface area contributed by atoms with Crippen LogP contribution in [0.2, 0.25) is 10.0 Å². The molecule has 2 aromatic carbocycles. The lowest BCUT2D eigenvalue weighted by molar-refractivity contribution is 0.293. The summed E-state index contributed by atoms with van der Waals surface area (Å²) in [6.45, 7) is 5.94. The number of halogens is 2. The highest BCUT2D eigenvalue weighted by molar-refractivity contribution is 7.80. The van der Waals surface area contributed by atoms with Crippen LogP contribution in [0.5, 0.6) is 0 Å². The number of nitrogens with one attached hydrogen (secondary N) is 1. The summed E-state index contributed by atoms with van der Waals surface area (Å²) in [6, 6.07) is 16.2. The standard InChI is InChI=1S/C23H23Cl2N3S/c1-3-16-7-4-6-15(2)21(16)26-23(29)28-13-12-27-11-5-8-20(27)22(28)18-10-9-17(24)14-19(18)25/h4-11,14,22H,3,12-13H2,1-2H3,(H,26,29). The van der Waals surface area contributed by atoms with Crippen molar-refractivity contribution in [2.45, 2.75) is 32.9 Å². The lowest BCUT2D eigenvalue weighted by Gasteiger charge is -2.39.